The van der Waals surface area contributed by atoms with E-state index in [1.54, 1.807) is 6.92 Å². The molecule has 21 heavy (non-hydrogen) atoms. The summed E-state index contributed by atoms with van der Waals surface area (Å²) in [5.41, 5.74) is 2.78. The average Bonchev–Trinajstić information content (AvgIpc) is 2.38. The summed E-state index contributed by atoms with van der Waals surface area (Å²) in [6, 6.07) is 5.25. The van der Waals surface area contributed by atoms with Crippen LogP contribution in [0, 0.1) is 0 Å². The number of fused-ring (bicyclic) bond motifs is 1. The molecule has 1 N–H and O–H groups in total. The molecule has 0 saturated heterocycles. The van der Waals surface area contributed by atoms with Crippen LogP contribution in [0.1, 0.15) is 40.2 Å². The number of nitrogens with zero attached hydrogens (tertiary/aromatic N) is 1. The molecule has 1 aliphatic heterocycles. The number of aliphatic carboxylic acids is 1. The lowest BCUT2D eigenvalue weighted by molar-refractivity contribution is -0.138. The first-order chi connectivity index (χ1) is 9.77. The van der Waals surface area contributed by atoms with Gasteiger partial charge in [-0.3, -0.25) is 0 Å². The minimum atomic E-state index is -0.823. The Morgan fingerprint density at radius 1 is 1.43 bits per heavy atom. The van der Waals surface area contributed by atoms with Crippen LogP contribution in [-0.4, -0.2) is 29.3 Å². The van der Waals surface area contributed by atoms with Gasteiger partial charge in [0.05, 0.1) is 12.1 Å². The van der Waals surface area contributed by atoms with Gasteiger partial charge in [0, 0.05) is 11.3 Å². The molecule has 114 valence electrons. The molecule has 0 bridgehead atoms. The highest BCUT2D eigenvalue weighted by molar-refractivity contribution is 5.87. The summed E-state index contributed by atoms with van der Waals surface area (Å²) in [6.07, 6.45) is 2.12. The maximum atomic E-state index is 11.5. The molecule has 1 heterocycles. The van der Waals surface area contributed by atoms with Gasteiger partial charge in [0.2, 0.25) is 0 Å². The number of hydrogen-bond donors (Lipinski definition) is 1. The number of rotatable bonds is 4. The van der Waals surface area contributed by atoms with Gasteiger partial charge in [-0.1, -0.05) is 6.08 Å². The molecule has 0 aromatic heterocycles. The number of carboxylic acid groups (broad SMARTS) is 1. The number of allylic oxidation sites excluding steroid dienone is 1. The second-order valence-electron chi connectivity index (χ2n) is 5.98. The lowest BCUT2D eigenvalue weighted by Crippen LogP contribution is -2.53. The zero-order valence-electron chi connectivity index (χ0n) is 13.3. The molecule has 4 heteroatoms. The van der Waals surface area contributed by atoms with E-state index in [1.165, 1.54) is 0 Å². The summed E-state index contributed by atoms with van der Waals surface area (Å²) >= 11 is 0. The van der Waals surface area contributed by atoms with Gasteiger partial charge in [-0.05, 0) is 58.4 Å². The number of carbonyl (C=O) groups is 1. The Kier molecular flexibility index (Phi) is 3.99. The average molecular weight is 289 g/mol. The molecule has 0 amide bonds. The number of carboxylic acids is 1. The van der Waals surface area contributed by atoms with Crippen LogP contribution in [0.2, 0.25) is 0 Å². The fraction of sp³-hybridized carbons (Fsp3) is 0.471. The molecule has 0 unspecified atom stereocenters. The molecule has 1 atom stereocenters. The largest absolute Gasteiger partial charge is 0.494 e. The van der Waals surface area contributed by atoms with Crippen molar-refractivity contribution in [3.8, 4) is 5.75 Å². The standard InChI is InChI=1S/C17H23NO3/c1-6-21-13-7-8-15-14(9-13)11(2)10-17(4,5)18(15)12(3)16(19)20/h7-10,12H,6H2,1-5H3,(H,19,20)/t12-/m1/s1. The van der Waals surface area contributed by atoms with Gasteiger partial charge in [-0.2, -0.15) is 0 Å². The van der Waals surface area contributed by atoms with Crippen LogP contribution in [0.4, 0.5) is 5.69 Å². The van der Waals surface area contributed by atoms with E-state index in [9.17, 15) is 9.90 Å². The molecular formula is C17H23NO3. The van der Waals surface area contributed by atoms with E-state index in [4.69, 9.17) is 4.74 Å². The van der Waals surface area contributed by atoms with Crippen molar-refractivity contribution in [3.63, 3.8) is 0 Å². The Morgan fingerprint density at radius 2 is 2.10 bits per heavy atom. The quantitative estimate of drug-likeness (QED) is 0.920. The van der Waals surface area contributed by atoms with Crippen LogP contribution >= 0.6 is 0 Å². The number of benzene rings is 1. The van der Waals surface area contributed by atoms with Gasteiger partial charge >= 0.3 is 5.97 Å². The van der Waals surface area contributed by atoms with Gasteiger partial charge in [0.25, 0.3) is 0 Å². The zero-order valence-corrected chi connectivity index (χ0v) is 13.3. The van der Waals surface area contributed by atoms with Crippen molar-refractivity contribution in [1.29, 1.82) is 0 Å². The van der Waals surface area contributed by atoms with Crippen molar-refractivity contribution in [2.24, 2.45) is 0 Å². The maximum absolute atomic E-state index is 11.5. The molecule has 1 aliphatic rings. The van der Waals surface area contributed by atoms with Crippen molar-refractivity contribution in [1.82, 2.24) is 0 Å². The summed E-state index contributed by atoms with van der Waals surface area (Å²) in [7, 11) is 0. The van der Waals surface area contributed by atoms with Crippen molar-refractivity contribution in [2.45, 2.75) is 46.2 Å². The van der Waals surface area contributed by atoms with Gasteiger partial charge < -0.3 is 14.7 Å². The van der Waals surface area contributed by atoms with Crippen LogP contribution in [0.15, 0.2) is 24.3 Å². The molecule has 0 radical (unpaired) electrons. The highest BCUT2D eigenvalue weighted by Crippen LogP contribution is 2.41. The van der Waals surface area contributed by atoms with E-state index in [0.717, 1.165) is 22.6 Å². The fourth-order valence-corrected chi connectivity index (χ4v) is 3.10. The van der Waals surface area contributed by atoms with E-state index >= 15 is 0 Å². The SMILES string of the molecule is CCOc1ccc2c(c1)C(C)=CC(C)(C)N2[C@H](C)C(=O)O. The lowest BCUT2D eigenvalue weighted by Gasteiger charge is -2.45. The highest BCUT2D eigenvalue weighted by Gasteiger charge is 2.37. The molecule has 0 spiro atoms. The van der Waals surface area contributed by atoms with E-state index in [-0.39, 0.29) is 5.54 Å². The molecule has 0 fully saturated rings. The Hall–Kier alpha value is -1.97. The second kappa shape index (κ2) is 5.43. The van der Waals surface area contributed by atoms with Crippen LogP contribution in [0.5, 0.6) is 5.75 Å². The van der Waals surface area contributed by atoms with Crippen LogP contribution < -0.4 is 9.64 Å². The summed E-state index contributed by atoms with van der Waals surface area (Å²) in [4.78, 5) is 13.4. The summed E-state index contributed by atoms with van der Waals surface area (Å²) in [5, 5.41) is 9.41. The third kappa shape index (κ3) is 2.75. The molecule has 2 rings (SSSR count). The zero-order chi connectivity index (χ0) is 15.8. The first-order valence-corrected chi connectivity index (χ1v) is 7.26. The summed E-state index contributed by atoms with van der Waals surface area (Å²) < 4.78 is 5.55. The third-order valence-corrected chi connectivity index (χ3v) is 3.90. The normalized spacial score (nSPS) is 17.8. The molecule has 4 nitrogen and oxygen atoms in total. The first-order valence-electron chi connectivity index (χ1n) is 7.26. The topological polar surface area (TPSA) is 49.8 Å². The van der Waals surface area contributed by atoms with E-state index in [0.29, 0.717) is 6.61 Å². The van der Waals surface area contributed by atoms with Gasteiger partial charge in [-0.15, -0.1) is 0 Å². The Balaban J connectivity index is 2.57. The van der Waals surface area contributed by atoms with Crippen LogP contribution in [-0.2, 0) is 4.79 Å². The summed E-state index contributed by atoms with van der Waals surface area (Å²) in [6.45, 7) is 10.4. The summed E-state index contributed by atoms with van der Waals surface area (Å²) in [5.74, 6) is -0.0116. The smallest absolute Gasteiger partial charge is 0.326 e. The maximum Gasteiger partial charge on any atom is 0.326 e. The van der Waals surface area contributed by atoms with E-state index in [1.807, 2.05) is 43.9 Å². The molecule has 0 saturated carbocycles. The fourth-order valence-electron chi connectivity index (χ4n) is 3.10. The van der Waals surface area contributed by atoms with Crippen molar-refractivity contribution in [2.75, 3.05) is 11.5 Å². The number of ether oxygens (including phenoxy) is 1. The number of hydrogen-bond acceptors (Lipinski definition) is 3. The number of anilines is 1. The molecular weight excluding hydrogens is 266 g/mol. The van der Waals surface area contributed by atoms with E-state index in [2.05, 4.69) is 13.0 Å². The van der Waals surface area contributed by atoms with Crippen molar-refractivity contribution < 1.29 is 14.6 Å². The first kappa shape index (κ1) is 15.4. The monoisotopic (exact) mass is 289 g/mol. The second-order valence-corrected chi connectivity index (χ2v) is 5.98. The van der Waals surface area contributed by atoms with Gasteiger partial charge in [0.1, 0.15) is 11.8 Å². The minimum absolute atomic E-state index is 0.345. The highest BCUT2D eigenvalue weighted by atomic mass is 16.5. The van der Waals surface area contributed by atoms with Crippen LogP contribution in [0.3, 0.4) is 0 Å². The molecule has 1 aromatic carbocycles. The van der Waals surface area contributed by atoms with Gasteiger partial charge in [-0.25, -0.2) is 4.79 Å². The third-order valence-electron chi connectivity index (χ3n) is 3.90. The molecule has 0 aliphatic carbocycles. The van der Waals surface area contributed by atoms with Crippen molar-refractivity contribution in [3.05, 3.63) is 29.8 Å². The Labute approximate surface area is 126 Å². The van der Waals surface area contributed by atoms with Crippen LogP contribution in [0.25, 0.3) is 5.57 Å². The Morgan fingerprint density at radius 3 is 2.67 bits per heavy atom. The predicted molar refractivity (Wildman–Crippen MR) is 84.9 cm³/mol. The predicted octanol–water partition coefficient (Wildman–Crippen LogP) is 3.56. The lowest BCUT2D eigenvalue weighted by atomic mass is 9.87. The molecule has 1 aromatic rings. The van der Waals surface area contributed by atoms with Crippen molar-refractivity contribution >= 4 is 17.2 Å². The van der Waals surface area contributed by atoms with Gasteiger partial charge in [0.15, 0.2) is 0 Å². The minimum Gasteiger partial charge on any atom is -0.494 e. The van der Waals surface area contributed by atoms with E-state index < -0.39 is 12.0 Å². The Bertz CT molecular complexity index is 590.